The third-order valence-electron chi connectivity index (χ3n) is 4.82. The van der Waals surface area contributed by atoms with E-state index in [0.717, 1.165) is 18.9 Å². The minimum absolute atomic E-state index is 0.174. The Morgan fingerprint density at radius 2 is 2.10 bits per heavy atom. The van der Waals surface area contributed by atoms with Crippen molar-refractivity contribution in [2.24, 2.45) is 5.92 Å². The van der Waals surface area contributed by atoms with Gasteiger partial charge in [0, 0.05) is 12.6 Å². The quantitative estimate of drug-likeness (QED) is 0.865. The molecule has 1 heterocycles. The lowest BCUT2D eigenvalue weighted by Gasteiger charge is -2.30. The second-order valence-corrected chi connectivity index (χ2v) is 6.45. The maximum atomic E-state index is 9.64. The zero-order valence-electron chi connectivity index (χ0n) is 12.1. The first kappa shape index (κ1) is 14.1. The Kier molecular flexibility index (Phi) is 4.39. The van der Waals surface area contributed by atoms with Gasteiger partial charge in [0.2, 0.25) is 0 Å². The molecule has 1 aliphatic carbocycles. The number of hydrogen-bond acceptors (Lipinski definition) is 3. The Bertz CT molecular complexity index is 414. The third-order valence-corrected chi connectivity index (χ3v) is 4.82. The van der Waals surface area contributed by atoms with Crippen molar-refractivity contribution >= 4 is 0 Å². The molecule has 1 aromatic carbocycles. The number of hydrogen-bond donors (Lipinski definition) is 2. The van der Waals surface area contributed by atoms with Gasteiger partial charge < -0.3 is 15.2 Å². The molecule has 0 bridgehead atoms. The minimum Gasteiger partial charge on any atom is -0.394 e. The van der Waals surface area contributed by atoms with E-state index < -0.39 is 0 Å². The average Bonchev–Trinajstić information content (AvgIpc) is 3.11. The maximum absolute atomic E-state index is 9.64. The second-order valence-electron chi connectivity index (χ2n) is 6.45. The summed E-state index contributed by atoms with van der Waals surface area (Å²) >= 11 is 0. The zero-order chi connectivity index (χ0) is 13.8. The lowest BCUT2D eigenvalue weighted by atomic mass is 9.96. The van der Waals surface area contributed by atoms with Gasteiger partial charge in [-0.15, -0.1) is 0 Å². The molecule has 0 unspecified atom stereocenters. The summed E-state index contributed by atoms with van der Waals surface area (Å²) in [5.74, 6) is 0.771. The van der Waals surface area contributed by atoms with Gasteiger partial charge in [0.15, 0.2) is 0 Å². The number of ether oxygens (including phenoxy) is 1. The summed E-state index contributed by atoms with van der Waals surface area (Å²) in [6, 6.07) is 11.3. The molecule has 0 amide bonds. The Morgan fingerprint density at radius 3 is 2.80 bits per heavy atom. The number of aliphatic hydroxyl groups is 1. The number of nitrogens with one attached hydrogen (secondary N) is 1. The monoisotopic (exact) mass is 275 g/mol. The summed E-state index contributed by atoms with van der Waals surface area (Å²) < 4.78 is 5.46. The molecule has 2 aliphatic rings. The predicted molar refractivity (Wildman–Crippen MR) is 79.7 cm³/mol. The van der Waals surface area contributed by atoms with E-state index in [0.29, 0.717) is 12.6 Å². The van der Waals surface area contributed by atoms with Crippen LogP contribution in [-0.2, 0) is 11.2 Å². The Labute approximate surface area is 121 Å². The Morgan fingerprint density at radius 1 is 1.25 bits per heavy atom. The van der Waals surface area contributed by atoms with Gasteiger partial charge in [0.05, 0.1) is 18.8 Å². The fourth-order valence-electron chi connectivity index (χ4n) is 3.66. The highest BCUT2D eigenvalue weighted by molar-refractivity contribution is 5.15. The minimum atomic E-state index is -0.174. The average molecular weight is 275 g/mol. The van der Waals surface area contributed by atoms with Crippen molar-refractivity contribution in [3.63, 3.8) is 0 Å². The van der Waals surface area contributed by atoms with Crippen LogP contribution in [-0.4, -0.2) is 36.5 Å². The van der Waals surface area contributed by atoms with Crippen LogP contribution in [0.5, 0.6) is 0 Å². The maximum Gasteiger partial charge on any atom is 0.0675 e. The van der Waals surface area contributed by atoms with Crippen LogP contribution in [0, 0.1) is 5.92 Å². The number of rotatable bonds is 5. The van der Waals surface area contributed by atoms with Crippen LogP contribution in [0.3, 0.4) is 0 Å². The number of aliphatic hydroxyl groups excluding tert-OH is 1. The molecule has 3 heteroatoms. The Hall–Kier alpha value is -0.900. The first-order chi connectivity index (χ1) is 9.80. The lowest BCUT2D eigenvalue weighted by molar-refractivity contribution is 0.112. The summed E-state index contributed by atoms with van der Waals surface area (Å²) in [7, 11) is 0. The molecule has 3 rings (SSSR count). The largest absolute Gasteiger partial charge is 0.394 e. The summed E-state index contributed by atoms with van der Waals surface area (Å²) in [6.07, 6.45) is 5.84. The van der Waals surface area contributed by atoms with Gasteiger partial charge in [0.25, 0.3) is 0 Å². The normalized spacial score (nSPS) is 33.6. The number of benzene rings is 1. The van der Waals surface area contributed by atoms with Crippen LogP contribution >= 0.6 is 0 Å². The summed E-state index contributed by atoms with van der Waals surface area (Å²) in [5, 5.41) is 13.3. The SMILES string of the molecule is OC[C@]1(N[C@@H]2CC[C@H](Cc3ccccc3)C2)CCOC1. The van der Waals surface area contributed by atoms with E-state index in [1.165, 1.54) is 31.2 Å². The van der Waals surface area contributed by atoms with Gasteiger partial charge >= 0.3 is 0 Å². The topological polar surface area (TPSA) is 41.5 Å². The molecular weight excluding hydrogens is 250 g/mol. The van der Waals surface area contributed by atoms with E-state index in [9.17, 15) is 5.11 Å². The van der Waals surface area contributed by atoms with Gasteiger partial charge in [-0.05, 0) is 43.6 Å². The van der Waals surface area contributed by atoms with E-state index in [2.05, 4.69) is 35.6 Å². The van der Waals surface area contributed by atoms with E-state index in [1.54, 1.807) is 0 Å². The van der Waals surface area contributed by atoms with Crippen LogP contribution in [0.4, 0.5) is 0 Å². The van der Waals surface area contributed by atoms with Crippen molar-refractivity contribution in [1.82, 2.24) is 5.32 Å². The molecule has 1 aliphatic heterocycles. The van der Waals surface area contributed by atoms with Crippen molar-refractivity contribution in [2.45, 2.75) is 43.7 Å². The van der Waals surface area contributed by atoms with Crippen molar-refractivity contribution in [2.75, 3.05) is 19.8 Å². The molecule has 0 spiro atoms. The molecular formula is C17H25NO2. The van der Waals surface area contributed by atoms with E-state index in [1.807, 2.05) is 0 Å². The van der Waals surface area contributed by atoms with Crippen LogP contribution in [0.2, 0.25) is 0 Å². The van der Waals surface area contributed by atoms with Gasteiger partial charge in [-0.3, -0.25) is 0 Å². The molecule has 20 heavy (non-hydrogen) atoms. The van der Waals surface area contributed by atoms with Crippen LogP contribution in [0.15, 0.2) is 30.3 Å². The highest BCUT2D eigenvalue weighted by atomic mass is 16.5. The fourth-order valence-corrected chi connectivity index (χ4v) is 3.66. The van der Waals surface area contributed by atoms with Crippen molar-refractivity contribution in [1.29, 1.82) is 0 Å². The fraction of sp³-hybridized carbons (Fsp3) is 0.647. The van der Waals surface area contributed by atoms with E-state index >= 15 is 0 Å². The van der Waals surface area contributed by atoms with Gasteiger partial charge in [-0.1, -0.05) is 30.3 Å². The smallest absolute Gasteiger partial charge is 0.0675 e. The van der Waals surface area contributed by atoms with Crippen LogP contribution in [0.25, 0.3) is 0 Å². The molecule has 0 aromatic heterocycles. The van der Waals surface area contributed by atoms with Crippen LogP contribution in [0.1, 0.15) is 31.2 Å². The molecule has 1 saturated carbocycles. The van der Waals surface area contributed by atoms with Crippen LogP contribution < -0.4 is 5.32 Å². The molecule has 2 fully saturated rings. The molecule has 3 atom stereocenters. The first-order valence-corrected chi connectivity index (χ1v) is 7.80. The summed E-state index contributed by atoms with van der Waals surface area (Å²) in [5.41, 5.74) is 1.27. The van der Waals surface area contributed by atoms with E-state index in [-0.39, 0.29) is 12.1 Å². The van der Waals surface area contributed by atoms with E-state index in [4.69, 9.17) is 4.74 Å². The standard InChI is InChI=1S/C17H25NO2/c19-12-17(8-9-20-13-17)18-16-7-6-15(11-16)10-14-4-2-1-3-5-14/h1-5,15-16,18-19H,6-13H2/t15-,16-,17-/m1/s1. The van der Waals surface area contributed by atoms with Crippen molar-refractivity contribution < 1.29 is 9.84 Å². The molecule has 1 aromatic rings. The highest BCUT2D eigenvalue weighted by Gasteiger charge is 2.38. The predicted octanol–water partition coefficient (Wildman–Crippen LogP) is 2.14. The highest BCUT2D eigenvalue weighted by Crippen LogP contribution is 2.31. The molecule has 1 saturated heterocycles. The molecule has 0 radical (unpaired) electrons. The molecule has 3 nitrogen and oxygen atoms in total. The first-order valence-electron chi connectivity index (χ1n) is 7.80. The summed E-state index contributed by atoms with van der Waals surface area (Å²) in [4.78, 5) is 0. The van der Waals surface area contributed by atoms with Crippen molar-refractivity contribution in [3.05, 3.63) is 35.9 Å². The Balaban J connectivity index is 1.52. The summed E-state index contributed by atoms with van der Waals surface area (Å²) in [6.45, 7) is 1.62. The van der Waals surface area contributed by atoms with Gasteiger partial charge in [-0.2, -0.15) is 0 Å². The zero-order valence-corrected chi connectivity index (χ0v) is 12.1. The molecule has 110 valence electrons. The lowest BCUT2D eigenvalue weighted by Crippen LogP contribution is -2.53. The van der Waals surface area contributed by atoms with Crippen molar-refractivity contribution in [3.8, 4) is 0 Å². The second kappa shape index (κ2) is 6.25. The van der Waals surface area contributed by atoms with Gasteiger partial charge in [-0.25, -0.2) is 0 Å². The van der Waals surface area contributed by atoms with Gasteiger partial charge in [0.1, 0.15) is 0 Å². The third kappa shape index (κ3) is 3.22. The molecule has 2 N–H and O–H groups in total.